The Morgan fingerprint density at radius 1 is 1.17 bits per heavy atom. The van der Waals surface area contributed by atoms with Gasteiger partial charge in [-0.05, 0) is 52.0 Å². The van der Waals surface area contributed by atoms with E-state index in [1.54, 1.807) is 0 Å². The lowest BCUT2D eigenvalue weighted by molar-refractivity contribution is 0.493. The van der Waals surface area contributed by atoms with Crippen LogP contribution < -0.4 is 10.6 Å². The number of fused-ring (bicyclic) bond motifs is 1. The summed E-state index contributed by atoms with van der Waals surface area (Å²) in [5.74, 6) is 2.69. The minimum Gasteiger partial charge on any atom is -0.354 e. The lowest BCUT2D eigenvalue weighted by Crippen LogP contribution is -2.48. The summed E-state index contributed by atoms with van der Waals surface area (Å²) in [5.41, 5.74) is 2.63. The zero-order valence-electron chi connectivity index (χ0n) is 18.6. The molecule has 1 unspecified atom stereocenters. The van der Waals surface area contributed by atoms with Crippen molar-refractivity contribution in [2.45, 2.75) is 90.4 Å². The molecule has 4 rings (SSSR count). The zero-order chi connectivity index (χ0) is 20.4. The lowest BCUT2D eigenvalue weighted by atomic mass is 9.94. The third kappa shape index (κ3) is 5.33. The van der Waals surface area contributed by atoms with Crippen LogP contribution in [0.1, 0.15) is 74.9 Å². The van der Waals surface area contributed by atoms with Gasteiger partial charge in [-0.25, -0.2) is 4.99 Å². The summed E-state index contributed by atoms with van der Waals surface area (Å²) in [6.45, 7) is 6.85. The predicted octanol–water partition coefficient (Wildman–Crippen LogP) is 3.05. The van der Waals surface area contributed by atoms with Crippen molar-refractivity contribution < 1.29 is 0 Å². The molecule has 30 heavy (non-hydrogen) atoms. The smallest absolute Gasteiger partial charge is 0.192 e. The van der Waals surface area contributed by atoms with E-state index >= 15 is 0 Å². The number of nitrogens with one attached hydrogen (secondary N) is 2. The van der Waals surface area contributed by atoms with Crippen LogP contribution in [-0.2, 0) is 26.4 Å². The number of rotatable bonds is 5. The number of halogens is 1. The molecule has 8 nitrogen and oxygen atoms in total. The molecule has 2 aromatic heterocycles. The van der Waals surface area contributed by atoms with Gasteiger partial charge in [0.1, 0.15) is 12.4 Å². The fourth-order valence-electron chi connectivity index (χ4n) is 4.23. The van der Waals surface area contributed by atoms with E-state index < -0.39 is 0 Å². The standard InChI is InChI=1S/C21H34N8.HI/c1-14(2)29-13-16-9-10-18(11-19(16)27-29)24-21(23-17-7-5-6-8-17)22-12-20-26-25-15(3)28(20)4;/h13-14,17-18H,5-12H2,1-4H3,(H2,22,23,24);1H. The van der Waals surface area contributed by atoms with Crippen LogP contribution in [0.3, 0.4) is 0 Å². The number of nitrogens with zero attached hydrogens (tertiary/aromatic N) is 6. The van der Waals surface area contributed by atoms with Crippen LogP contribution >= 0.6 is 24.0 Å². The Hall–Kier alpha value is -1.65. The quantitative estimate of drug-likeness (QED) is 0.356. The van der Waals surface area contributed by atoms with Gasteiger partial charge >= 0.3 is 0 Å². The second kappa shape index (κ2) is 10.1. The van der Waals surface area contributed by atoms with Crippen LogP contribution in [0.25, 0.3) is 0 Å². The molecular weight excluding hydrogens is 491 g/mol. The minimum atomic E-state index is 0. The summed E-state index contributed by atoms with van der Waals surface area (Å²) in [7, 11) is 1.99. The number of aryl methyl sites for hydroxylation is 2. The van der Waals surface area contributed by atoms with Gasteiger partial charge in [0.2, 0.25) is 0 Å². The van der Waals surface area contributed by atoms with Gasteiger partial charge in [-0.15, -0.1) is 34.2 Å². The van der Waals surface area contributed by atoms with Crippen LogP contribution in [0.15, 0.2) is 11.2 Å². The van der Waals surface area contributed by atoms with Crippen LogP contribution in [0.2, 0.25) is 0 Å². The molecule has 0 amide bonds. The van der Waals surface area contributed by atoms with Crippen molar-refractivity contribution in [3.05, 3.63) is 29.1 Å². The second-order valence-corrected chi connectivity index (χ2v) is 8.77. The van der Waals surface area contributed by atoms with Crippen LogP contribution in [0.5, 0.6) is 0 Å². The lowest BCUT2D eigenvalue weighted by Gasteiger charge is -2.26. The van der Waals surface area contributed by atoms with E-state index in [4.69, 9.17) is 10.1 Å². The van der Waals surface area contributed by atoms with Gasteiger partial charge in [0.05, 0.1) is 5.69 Å². The van der Waals surface area contributed by atoms with Gasteiger partial charge in [-0.2, -0.15) is 5.10 Å². The minimum absolute atomic E-state index is 0. The molecule has 0 bridgehead atoms. The van der Waals surface area contributed by atoms with Gasteiger partial charge in [0, 0.05) is 37.8 Å². The van der Waals surface area contributed by atoms with E-state index in [-0.39, 0.29) is 24.0 Å². The molecule has 1 saturated carbocycles. The van der Waals surface area contributed by atoms with Crippen molar-refractivity contribution >= 4 is 29.9 Å². The van der Waals surface area contributed by atoms with E-state index in [9.17, 15) is 0 Å². The van der Waals surface area contributed by atoms with Crippen molar-refractivity contribution in [1.29, 1.82) is 0 Å². The first-order valence-corrected chi connectivity index (χ1v) is 11.0. The van der Waals surface area contributed by atoms with Crippen molar-refractivity contribution in [1.82, 2.24) is 35.2 Å². The highest BCUT2D eigenvalue weighted by atomic mass is 127. The monoisotopic (exact) mass is 526 g/mol. The van der Waals surface area contributed by atoms with E-state index in [1.807, 2.05) is 18.5 Å². The normalized spacial score (nSPS) is 19.6. The zero-order valence-corrected chi connectivity index (χ0v) is 20.9. The molecule has 0 spiro atoms. The van der Waals surface area contributed by atoms with E-state index in [0.717, 1.165) is 36.9 Å². The summed E-state index contributed by atoms with van der Waals surface area (Å²) >= 11 is 0. The Labute approximate surface area is 196 Å². The van der Waals surface area contributed by atoms with Crippen molar-refractivity contribution in [3.63, 3.8) is 0 Å². The number of guanidine groups is 1. The summed E-state index contributed by atoms with van der Waals surface area (Å²) in [4.78, 5) is 4.86. The third-order valence-electron chi connectivity index (χ3n) is 6.22. The van der Waals surface area contributed by atoms with Gasteiger partial charge < -0.3 is 15.2 Å². The Kier molecular flexibility index (Phi) is 7.75. The Bertz CT molecular complexity index is 862. The molecule has 2 aromatic rings. The molecule has 1 atom stereocenters. The number of aliphatic imine (C=N–C) groups is 1. The third-order valence-corrected chi connectivity index (χ3v) is 6.22. The van der Waals surface area contributed by atoms with Crippen molar-refractivity contribution in [2.75, 3.05) is 0 Å². The topological polar surface area (TPSA) is 84.9 Å². The van der Waals surface area contributed by atoms with Crippen molar-refractivity contribution in [3.8, 4) is 0 Å². The summed E-state index contributed by atoms with van der Waals surface area (Å²) in [6, 6.07) is 1.27. The Morgan fingerprint density at radius 3 is 2.57 bits per heavy atom. The highest BCUT2D eigenvalue weighted by molar-refractivity contribution is 14.0. The molecule has 2 heterocycles. The number of hydrogen-bond acceptors (Lipinski definition) is 4. The average molecular weight is 526 g/mol. The Morgan fingerprint density at radius 2 is 1.90 bits per heavy atom. The van der Waals surface area contributed by atoms with Crippen LogP contribution in [0.4, 0.5) is 0 Å². The first-order valence-electron chi connectivity index (χ1n) is 11.0. The molecule has 0 aromatic carbocycles. The molecule has 0 aliphatic heterocycles. The number of hydrogen-bond donors (Lipinski definition) is 2. The van der Waals surface area contributed by atoms with E-state index in [2.05, 4.69) is 45.6 Å². The van der Waals surface area contributed by atoms with Gasteiger partial charge in [0.15, 0.2) is 11.8 Å². The highest BCUT2D eigenvalue weighted by Gasteiger charge is 2.24. The summed E-state index contributed by atoms with van der Waals surface area (Å²) < 4.78 is 4.09. The molecular formula is C21H35IN8. The largest absolute Gasteiger partial charge is 0.354 e. The molecule has 2 N–H and O–H groups in total. The second-order valence-electron chi connectivity index (χ2n) is 8.77. The van der Waals surface area contributed by atoms with Gasteiger partial charge in [0.25, 0.3) is 0 Å². The first kappa shape index (κ1) is 23.0. The fraction of sp³-hybridized carbons (Fsp3) is 0.714. The first-order chi connectivity index (χ1) is 14.0. The molecule has 2 aliphatic carbocycles. The highest BCUT2D eigenvalue weighted by Crippen LogP contribution is 2.22. The molecule has 2 aliphatic rings. The maximum Gasteiger partial charge on any atom is 0.192 e. The van der Waals surface area contributed by atoms with Crippen molar-refractivity contribution in [2.24, 2.45) is 12.0 Å². The summed E-state index contributed by atoms with van der Waals surface area (Å²) in [5, 5.41) is 20.6. The number of aromatic nitrogens is 5. The van der Waals surface area contributed by atoms with Gasteiger partial charge in [-0.3, -0.25) is 4.68 Å². The predicted molar refractivity (Wildman–Crippen MR) is 129 cm³/mol. The average Bonchev–Trinajstić information content (AvgIpc) is 3.42. The van der Waals surface area contributed by atoms with E-state index in [0.29, 0.717) is 24.7 Å². The van der Waals surface area contributed by atoms with Crippen LogP contribution in [-0.4, -0.2) is 42.6 Å². The van der Waals surface area contributed by atoms with Crippen LogP contribution in [0, 0.1) is 6.92 Å². The molecule has 0 saturated heterocycles. The van der Waals surface area contributed by atoms with E-state index in [1.165, 1.54) is 36.9 Å². The summed E-state index contributed by atoms with van der Waals surface area (Å²) in [6.07, 6.45) is 10.4. The Balaban J connectivity index is 0.00000256. The molecule has 9 heteroatoms. The maximum atomic E-state index is 4.86. The molecule has 166 valence electrons. The molecule has 0 radical (unpaired) electrons. The fourth-order valence-corrected chi connectivity index (χ4v) is 4.23. The SMILES string of the molecule is Cc1nnc(CN=C(NC2CCCC2)NC2CCc3cn(C(C)C)nc3C2)n1C.I. The van der Waals surface area contributed by atoms with Gasteiger partial charge in [-0.1, -0.05) is 12.8 Å². The maximum absolute atomic E-state index is 4.86. The molecule has 1 fully saturated rings.